The van der Waals surface area contributed by atoms with Crippen LogP contribution in [0.2, 0.25) is 0 Å². The highest BCUT2D eigenvalue weighted by Crippen LogP contribution is 2.38. The molecule has 84 valence electrons. The molecule has 3 atom stereocenters. The van der Waals surface area contributed by atoms with Crippen molar-refractivity contribution in [2.24, 2.45) is 0 Å². The van der Waals surface area contributed by atoms with Crippen molar-refractivity contribution in [1.82, 2.24) is 0 Å². The van der Waals surface area contributed by atoms with Gasteiger partial charge >= 0.3 is 5.92 Å². The third kappa shape index (κ3) is 1.74. The van der Waals surface area contributed by atoms with Crippen LogP contribution in [0.5, 0.6) is 0 Å². The maximum absolute atomic E-state index is 13.1. The van der Waals surface area contributed by atoms with Crippen LogP contribution in [0.3, 0.4) is 0 Å². The summed E-state index contributed by atoms with van der Waals surface area (Å²) < 4.78 is 52.2. The number of halogens is 2. The summed E-state index contributed by atoms with van der Waals surface area (Å²) in [5.41, 5.74) is -2.39. The Kier molecular flexibility index (Phi) is 2.83. The van der Waals surface area contributed by atoms with Gasteiger partial charge in [0.15, 0.2) is 9.84 Å². The van der Waals surface area contributed by atoms with Gasteiger partial charge in [0.1, 0.15) is 12.2 Å². The van der Waals surface area contributed by atoms with E-state index in [-0.39, 0.29) is 0 Å². The Hall–Kier alpha value is -0.310. The van der Waals surface area contributed by atoms with Gasteiger partial charge in [-0.2, -0.15) is 8.78 Å². The molecule has 0 aromatic carbocycles. The van der Waals surface area contributed by atoms with Gasteiger partial charge in [0.25, 0.3) is 0 Å². The largest absolute Gasteiger partial charge is 0.394 e. The lowest BCUT2D eigenvalue weighted by Gasteiger charge is -2.17. The van der Waals surface area contributed by atoms with Gasteiger partial charge < -0.3 is 14.9 Å². The van der Waals surface area contributed by atoms with Crippen LogP contribution in [0.15, 0.2) is 0 Å². The van der Waals surface area contributed by atoms with E-state index in [1.807, 2.05) is 0 Å². The fraction of sp³-hybridized carbons (Fsp3) is 1.00. The second-order valence-corrected chi connectivity index (χ2v) is 5.23. The zero-order chi connectivity index (χ0) is 11.1. The Morgan fingerprint density at radius 1 is 1.50 bits per heavy atom. The van der Waals surface area contributed by atoms with Crippen molar-refractivity contribution in [3.05, 3.63) is 0 Å². The molecular formula is C6H10F2O5S. The lowest BCUT2D eigenvalue weighted by atomic mass is 10.1. The molecule has 0 aliphatic carbocycles. The first-order valence-corrected chi connectivity index (χ1v) is 5.67. The average molecular weight is 232 g/mol. The van der Waals surface area contributed by atoms with Gasteiger partial charge in [-0.1, -0.05) is 0 Å². The molecule has 8 heteroatoms. The van der Waals surface area contributed by atoms with Gasteiger partial charge in [0.05, 0.1) is 6.61 Å². The van der Waals surface area contributed by atoms with Crippen molar-refractivity contribution < 1.29 is 32.1 Å². The van der Waals surface area contributed by atoms with E-state index in [2.05, 4.69) is 4.74 Å². The number of hydrogen-bond donors (Lipinski definition) is 2. The molecule has 1 rings (SSSR count). The number of alkyl halides is 2. The fourth-order valence-electron chi connectivity index (χ4n) is 1.24. The van der Waals surface area contributed by atoms with Gasteiger partial charge in [0, 0.05) is 6.26 Å². The summed E-state index contributed by atoms with van der Waals surface area (Å²) in [7, 11) is -4.13. The van der Waals surface area contributed by atoms with Crippen LogP contribution in [0.25, 0.3) is 0 Å². The predicted molar refractivity (Wildman–Crippen MR) is 41.5 cm³/mol. The van der Waals surface area contributed by atoms with Crippen LogP contribution in [0.4, 0.5) is 8.78 Å². The number of rotatable bonds is 2. The highest BCUT2D eigenvalue weighted by Gasteiger charge is 2.62. The highest BCUT2D eigenvalue weighted by atomic mass is 32.2. The van der Waals surface area contributed by atoms with Crippen molar-refractivity contribution in [2.45, 2.75) is 23.6 Å². The van der Waals surface area contributed by atoms with Crippen molar-refractivity contribution >= 4 is 9.84 Å². The van der Waals surface area contributed by atoms with Gasteiger partial charge in [-0.3, -0.25) is 0 Å². The summed E-state index contributed by atoms with van der Waals surface area (Å²) in [5, 5.41) is 17.5. The summed E-state index contributed by atoms with van der Waals surface area (Å²) in [5.74, 6) is -3.89. The zero-order valence-corrected chi connectivity index (χ0v) is 8.04. The molecule has 0 radical (unpaired) electrons. The molecule has 1 saturated heterocycles. The van der Waals surface area contributed by atoms with Gasteiger partial charge in [-0.15, -0.1) is 0 Å². The Morgan fingerprint density at radius 3 is 2.21 bits per heavy atom. The zero-order valence-electron chi connectivity index (χ0n) is 7.22. The number of hydrogen-bond acceptors (Lipinski definition) is 5. The van der Waals surface area contributed by atoms with E-state index in [1.165, 1.54) is 0 Å². The van der Waals surface area contributed by atoms with E-state index in [0.29, 0.717) is 6.26 Å². The van der Waals surface area contributed by atoms with E-state index < -0.39 is 40.0 Å². The lowest BCUT2D eigenvalue weighted by Crippen LogP contribution is -2.43. The first kappa shape index (κ1) is 11.8. The molecule has 0 aromatic rings. The minimum atomic E-state index is -4.13. The fourth-order valence-corrected chi connectivity index (χ4v) is 2.30. The smallest absolute Gasteiger partial charge is 0.315 e. The van der Waals surface area contributed by atoms with Gasteiger partial charge in [-0.05, 0) is 0 Å². The molecule has 14 heavy (non-hydrogen) atoms. The Balaban J connectivity index is 3.03. The topological polar surface area (TPSA) is 83.8 Å². The number of ether oxygens (including phenoxy) is 1. The molecular weight excluding hydrogens is 222 g/mol. The van der Waals surface area contributed by atoms with E-state index in [4.69, 9.17) is 10.2 Å². The van der Waals surface area contributed by atoms with Crippen LogP contribution < -0.4 is 0 Å². The van der Waals surface area contributed by atoms with Gasteiger partial charge in [0.2, 0.25) is 5.44 Å². The summed E-state index contributed by atoms with van der Waals surface area (Å²) >= 11 is 0. The minimum Gasteiger partial charge on any atom is -0.394 e. The summed E-state index contributed by atoms with van der Waals surface area (Å²) in [6, 6.07) is 0. The van der Waals surface area contributed by atoms with Crippen LogP contribution in [0.1, 0.15) is 0 Å². The molecule has 0 aromatic heterocycles. The van der Waals surface area contributed by atoms with E-state index in [9.17, 15) is 17.2 Å². The number of aliphatic hydroxyl groups is 2. The molecule has 1 heterocycles. The average Bonchev–Trinajstić information content (AvgIpc) is 2.23. The molecule has 2 N–H and O–H groups in total. The number of sulfone groups is 1. The maximum atomic E-state index is 13.1. The molecule has 0 unspecified atom stereocenters. The van der Waals surface area contributed by atoms with Crippen LogP contribution in [-0.4, -0.2) is 55.1 Å². The summed E-state index contributed by atoms with van der Waals surface area (Å²) in [6.45, 7) is -0.858. The number of aliphatic hydroxyl groups excluding tert-OH is 2. The first-order chi connectivity index (χ1) is 6.21. The first-order valence-electron chi connectivity index (χ1n) is 3.72. The monoisotopic (exact) mass is 232 g/mol. The minimum absolute atomic E-state index is 0.581. The molecule has 5 nitrogen and oxygen atoms in total. The van der Waals surface area contributed by atoms with E-state index in [0.717, 1.165) is 0 Å². The third-order valence-corrected chi connectivity index (χ3v) is 3.13. The molecule has 0 amide bonds. The molecule has 0 spiro atoms. The molecule has 0 bridgehead atoms. The van der Waals surface area contributed by atoms with E-state index >= 15 is 0 Å². The van der Waals surface area contributed by atoms with Crippen molar-refractivity contribution in [3.63, 3.8) is 0 Å². The highest BCUT2D eigenvalue weighted by molar-refractivity contribution is 7.91. The quantitative estimate of drug-likeness (QED) is 0.621. The van der Waals surface area contributed by atoms with Crippen molar-refractivity contribution in [1.29, 1.82) is 0 Å². The summed E-state index contributed by atoms with van der Waals surface area (Å²) in [6.07, 6.45) is -3.28. The Morgan fingerprint density at radius 2 is 2.00 bits per heavy atom. The van der Waals surface area contributed by atoms with Gasteiger partial charge in [-0.25, -0.2) is 8.42 Å². The Labute approximate surface area is 79.2 Å². The van der Waals surface area contributed by atoms with Crippen LogP contribution in [0, 0.1) is 0 Å². The SMILES string of the molecule is CS(=O)(=O)[C@@H]1O[C@H](CO)[C@@H](O)C1(F)F. The molecule has 1 aliphatic rings. The van der Waals surface area contributed by atoms with Crippen LogP contribution >= 0.6 is 0 Å². The van der Waals surface area contributed by atoms with Crippen LogP contribution in [-0.2, 0) is 14.6 Å². The lowest BCUT2D eigenvalue weighted by molar-refractivity contribution is -0.0915. The normalized spacial score (nSPS) is 37.4. The third-order valence-electron chi connectivity index (χ3n) is 1.93. The second kappa shape index (κ2) is 3.37. The molecule has 1 fully saturated rings. The maximum Gasteiger partial charge on any atom is 0.315 e. The van der Waals surface area contributed by atoms with Crippen molar-refractivity contribution in [2.75, 3.05) is 12.9 Å². The molecule has 1 aliphatic heterocycles. The van der Waals surface area contributed by atoms with Crippen molar-refractivity contribution in [3.8, 4) is 0 Å². The predicted octanol–water partition coefficient (Wildman–Crippen LogP) is -1.26. The summed E-state index contributed by atoms with van der Waals surface area (Å²) in [4.78, 5) is 0. The molecule has 0 saturated carbocycles. The Bertz CT molecular complexity index is 314. The second-order valence-electron chi connectivity index (χ2n) is 3.14. The standard InChI is InChI=1S/C6H10F2O5S/c1-14(11,12)5-6(7,8)4(10)3(2-9)13-5/h3-5,9-10H,2H2,1H3/t3-,4-,5+/m1/s1. The van der Waals surface area contributed by atoms with E-state index in [1.54, 1.807) is 0 Å².